The lowest BCUT2D eigenvalue weighted by atomic mass is 9.73. The first-order valence-corrected chi connectivity index (χ1v) is 32.5. The first kappa shape index (κ1) is 54.3. The molecule has 8 rings (SSSR count). The van der Waals surface area contributed by atoms with Crippen LogP contribution in [-0.2, 0) is 27.7 Å². The Labute approximate surface area is 435 Å². The number of fused-ring (bicyclic) bond motifs is 2. The van der Waals surface area contributed by atoms with Crippen molar-refractivity contribution in [2.75, 3.05) is 39.9 Å². The van der Waals surface area contributed by atoms with Crippen LogP contribution < -0.4 is 18.9 Å². The van der Waals surface area contributed by atoms with Crippen LogP contribution in [0.2, 0.25) is 36.3 Å². The fraction of sp³-hybridized carbons (Fsp3) is 0.400. The highest BCUT2D eigenvalue weighted by Gasteiger charge is 2.46. The second-order valence-electron chi connectivity index (χ2n) is 21.9. The van der Waals surface area contributed by atoms with E-state index in [1.54, 1.807) is 40.2 Å². The van der Waals surface area contributed by atoms with Crippen LogP contribution in [-0.4, -0.2) is 61.7 Å². The van der Waals surface area contributed by atoms with Gasteiger partial charge in [-0.1, -0.05) is 126 Å². The third-order valence-electron chi connectivity index (χ3n) is 15.4. The van der Waals surface area contributed by atoms with Crippen LogP contribution >= 0.6 is 23.5 Å². The molecule has 0 aromatic heterocycles. The zero-order chi connectivity index (χ0) is 51.4. The third-order valence-corrected chi connectivity index (χ3v) is 26.7. The molecule has 1 N–H and O–H groups in total. The maximum Gasteiger partial charge on any atom is 0.192 e. The van der Waals surface area contributed by atoms with E-state index < -0.39 is 22.2 Å². The van der Waals surface area contributed by atoms with Crippen molar-refractivity contribution in [1.82, 2.24) is 0 Å². The maximum absolute atomic E-state index is 12.7. The van der Waals surface area contributed by atoms with Crippen LogP contribution in [0.25, 0.3) is 0 Å². The zero-order valence-electron chi connectivity index (χ0n) is 44.5. The van der Waals surface area contributed by atoms with Crippen molar-refractivity contribution in [2.45, 2.75) is 124 Å². The number of aliphatic hydroxyl groups is 1. The Bertz CT molecular complexity index is 2730. The Morgan fingerprint density at radius 1 is 0.521 bits per heavy atom. The average Bonchev–Trinajstić information content (AvgIpc) is 3.36. The molecular formula is C60H76O7S2Si2. The Kier molecular flexibility index (Phi) is 17.1. The third kappa shape index (κ3) is 12.2. The molecule has 2 heterocycles. The van der Waals surface area contributed by atoms with Gasteiger partial charge in [0.1, 0.15) is 28.6 Å². The Balaban J connectivity index is 0.000000209. The van der Waals surface area contributed by atoms with E-state index in [0.29, 0.717) is 19.1 Å². The summed E-state index contributed by atoms with van der Waals surface area (Å²) in [6, 6.07) is 46.5. The number of ether oxygens (including phenoxy) is 4. The molecule has 11 heteroatoms. The highest BCUT2D eigenvalue weighted by Crippen LogP contribution is 2.54. The van der Waals surface area contributed by atoms with E-state index in [-0.39, 0.29) is 21.9 Å². The second kappa shape index (κ2) is 22.3. The summed E-state index contributed by atoms with van der Waals surface area (Å²) >= 11 is 3.68. The molecule has 378 valence electrons. The number of methoxy groups -OCH3 is 4. The van der Waals surface area contributed by atoms with Gasteiger partial charge >= 0.3 is 0 Å². The molecule has 0 amide bonds. The lowest BCUT2D eigenvalue weighted by Gasteiger charge is -2.42. The largest absolute Gasteiger partial charge is 0.497 e. The molecule has 0 aliphatic carbocycles. The van der Waals surface area contributed by atoms with E-state index >= 15 is 0 Å². The predicted molar refractivity (Wildman–Crippen MR) is 301 cm³/mol. The summed E-state index contributed by atoms with van der Waals surface area (Å²) < 4.78 is 34.9. The zero-order valence-corrected chi connectivity index (χ0v) is 48.1. The number of benzene rings is 6. The molecule has 2 aliphatic rings. The SMILES string of the molecule is COc1ccc(C2CSc3cc(OC)ccc3C2(O)c2cccc(CO[Si](C)(C)C(C)(C)C)c2)cc1.COc1ccc(C2CSc3cc(OC)ccc3C2c2cccc(CO[Si](C)(C)C(C)(C)C)c2)cc1. The number of thioether (sulfide) groups is 2. The van der Waals surface area contributed by atoms with Crippen molar-refractivity contribution in [3.05, 3.63) is 178 Å². The topological polar surface area (TPSA) is 75.6 Å². The van der Waals surface area contributed by atoms with Crippen molar-refractivity contribution in [2.24, 2.45) is 0 Å². The molecule has 0 saturated heterocycles. The predicted octanol–water partition coefficient (Wildman–Crippen LogP) is 15.6. The monoisotopic (exact) mass is 1030 g/mol. The van der Waals surface area contributed by atoms with Gasteiger partial charge in [-0.25, -0.2) is 0 Å². The van der Waals surface area contributed by atoms with Crippen LogP contribution in [0.3, 0.4) is 0 Å². The molecule has 6 aromatic rings. The number of hydrogen-bond donors (Lipinski definition) is 1. The lowest BCUT2D eigenvalue weighted by Crippen LogP contribution is -2.40. The van der Waals surface area contributed by atoms with E-state index in [2.05, 4.69) is 159 Å². The van der Waals surface area contributed by atoms with E-state index in [1.807, 2.05) is 54.2 Å². The van der Waals surface area contributed by atoms with Crippen LogP contribution in [0.5, 0.6) is 23.0 Å². The summed E-state index contributed by atoms with van der Waals surface area (Å²) in [7, 11) is 3.08. The van der Waals surface area contributed by atoms with Gasteiger partial charge in [-0.3, -0.25) is 0 Å². The molecule has 0 spiro atoms. The fourth-order valence-electron chi connectivity index (χ4n) is 8.88. The van der Waals surface area contributed by atoms with Crippen molar-refractivity contribution in [3.63, 3.8) is 0 Å². The maximum atomic E-state index is 12.7. The molecule has 71 heavy (non-hydrogen) atoms. The van der Waals surface area contributed by atoms with Crippen molar-refractivity contribution in [1.29, 1.82) is 0 Å². The van der Waals surface area contributed by atoms with Crippen LogP contribution in [0.4, 0.5) is 0 Å². The highest BCUT2D eigenvalue weighted by molar-refractivity contribution is 7.99. The molecule has 7 nitrogen and oxygen atoms in total. The molecule has 0 radical (unpaired) electrons. The van der Waals surface area contributed by atoms with Gasteiger partial charge in [0.2, 0.25) is 0 Å². The summed E-state index contributed by atoms with van der Waals surface area (Å²) in [5.74, 6) is 5.66. The van der Waals surface area contributed by atoms with Crippen molar-refractivity contribution in [3.8, 4) is 23.0 Å². The summed E-state index contributed by atoms with van der Waals surface area (Å²) in [4.78, 5) is 2.35. The van der Waals surface area contributed by atoms with Gasteiger partial charge in [0.15, 0.2) is 16.6 Å². The summed E-state index contributed by atoms with van der Waals surface area (Å²) in [5.41, 5.74) is 8.03. The van der Waals surface area contributed by atoms with Crippen LogP contribution in [0.1, 0.15) is 104 Å². The lowest BCUT2D eigenvalue weighted by molar-refractivity contribution is 0.0521. The molecule has 4 atom stereocenters. The van der Waals surface area contributed by atoms with Crippen LogP contribution in [0, 0.1) is 0 Å². The van der Waals surface area contributed by atoms with Crippen molar-refractivity contribution >= 4 is 40.2 Å². The van der Waals surface area contributed by atoms with Gasteiger partial charge in [-0.2, -0.15) is 0 Å². The molecule has 6 aromatic carbocycles. The van der Waals surface area contributed by atoms with E-state index in [9.17, 15) is 5.11 Å². The van der Waals surface area contributed by atoms with E-state index in [4.69, 9.17) is 27.8 Å². The second-order valence-corrected chi connectivity index (χ2v) is 33.6. The van der Waals surface area contributed by atoms with Gasteiger partial charge in [0.05, 0.1) is 41.7 Å². The fourth-order valence-corrected chi connectivity index (χ4v) is 13.5. The summed E-state index contributed by atoms with van der Waals surface area (Å²) in [5, 5.41) is 13.0. The number of hydrogen-bond acceptors (Lipinski definition) is 9. The van der Waals surface area contributed by atoms with Crippen molar-refractivity contribution < 1.29 is 32.9 Å². The van der Waals surface area contributed by atoms with Gasteiger partial charge < -0.3 is 32.9 Å². The van der Waals surface area contributed by atoms with Gasteiger partial charge in [-0.05, 0) is 124 Å². The standard InChI is InChI=1S/C30H38O4SSi.C30H38O3SSi/c1-29(2,3)36(6,7)34-19-21-9-8-10-23(17-21)30(31)26-16-15-25(33-5)18-28(26)35-20-27(30)22-11-13-24(32-4)14-12-22;1-30(2,3)35(6,7)33-19-21-9-8-10-23(17-21)29-26-16-15-25(32-5)18-28(26)34-20-27(29)22-11-13-24(31-4)14-12-22/h8-18,27,31H,19-20H2,1-7H3;8-18,27,29H,19-20H2,1-7H3. The molecule has 0 saturated carbocycles. The minimum Gasteiger partial charge on any atom is -0.497 e. The minimum atomic E-state index is -1.90. The van der Waals surface area contributed by atoms with Gasteiger partial charge in [0, 0.05) is 44.6 Å². The molecular weight excluding hydrogens is 953 g/mol. The highest BCUT2D eigenvalue weighted by atomic mass is 32.2. The Hall–Kier alpha value is -4.47. The minimum absolute atomic E-state index is 0.133. The molecule has 0 fully saturated rings. The molecule has 2 aliphatic heterocycles. The van der Waals surface area contributed by atoms with Gasteiger partial charge in [-0.15, -0.1) is 23.5 Å². The Morgan fingerprint density at radius 2 is 1.00 bits per heavy atom. The van der Waals surface area contributed by atoms with Crippen LogP contribution in [0.15, 0.2) is 143 Å². The Morgan fingerprint density at radius 3 is 1.55 bits per heavy atom. The van der Waals surface area contributed by atoms with Gasteiger partial charge in [0.25, 0.3) is 0 Å². The molecule has 4 unspecified atom stereocenters. The normalized spacial score (nSPS) is 19.1. The quantitative estimate of drug-likeness (QED) is 0.107. The van der Waals surface area contributed by atoms with E-state index in [0.717, 1.165) is 61.7 Å². The van der Waals surface area contributed by atoms with E-state index in [1.165, 1.54) is 27.1 Å². The first-order chi connectivity index (χ1) is 33.6. The first-order valence-electron chi connectivity index (χ1n) is 24.7. The number of rotatable bonds is 14. The molecule has 0 bridgehead atoms. The average molecular weight is 1030 g/mol. The summed E-state index contributed by atoms with van der Waals surface area (Å²) in [6.07, 6.45) is 0. The smallest absolute Gasteiger partial charge is 0.192 e. The summed E-state index contributed by atoms with van der Waals surface area (Å²) in [6.45, 7) is 24.0.